The number of aromatic nitrogens is 1. The van der Waals surface area contributed by atoms with Crippen LogP contribution in [0.15, 0.2) is 40.1 Å². The van der Waals surface area contributed by atoms with E-state index in [4.69, 9.17) is 11.6 Å². The van der Waals surface area contributed by atoms with Gasteiger partial charge in [0.05, 0.1) is 17.2 Å². The van der Waals surface area contributed by atoms with Crippen LogP contribution in [-0.4, -0.2) is 42.4 Å². The molecule has 1 aromatic heterocycles. The highest BCUT2D eigenvalue weighted by molar-refractivity contribution is 6.30. The summed E-state index contributed by atoms with van der Waals surface area (Å²) in [6.07, 6.45) is -6.80. The standard InChI is InChI=1S/C15H13ClF6N4/c1-23-11-4-8(14(17,18)19)5-24-13(11)25-6-12-10(16)3-9(7-26(12)2)15(20,21)22/h3-5,7,12H,1,6H2,2H3,(H,24,25). The highest BCUT2D eigenvalue weighted by Crippen LogP contribution is 2.35. The molecule has 0 saturated heterocycles. The van der Waals surface area contributed by atoms with Crippen molar-refractivity contribution < 1.29 is 26.3 Å². The van der Waals surface area contributed by atoms with Crippen LogP contribution in [0, 0.1) is 0 Å². The Morgan fingerprint density at radius 3 is 2.42 bits per heavy atom. The molecule has 26 heavy (non-hydrogen) atoms. The molecule has 1 N–H and O–H groups in total. The largest absolute Gasteiger partial charge is 0.417 e. The third-order valence-electron chi connectivity index (χ3n) is 3.60. The summed E-state index contributed by atoms with van der Waals surface area (Å²) in [4.78, 5) is 8.41. The first kappa shape index (κ1) is 20.1. The number of likely N-dealkylation sites (N-methyl/N-ethyl adjacent to an activating group) is 1. The van der Waals surface area contributed by atoms with Gasteiger partial charge in [-0.1, -0.05) is 11.6 Å². The molecule has 0 aliphatic carbocycles. The molecule has 0 radical (unpaired) electrons. The topological polar surface area (TPSA) is 40.5 Å². The van der Waals surface area contributed by atoms with Crippen molar-refractivity contribution in [3.63, 3.8) is 0 Å². The van der Waals surface area contributed by atoms with Crippen molar-refractivity contribution in [2.45, 2.75) is 18.4 Å². The highest BCUT2D eigenvalue weighted by Gasteiger charge is 2.36. The Labute approximate surface area is 149 Å². The normalized spacial score (nSPS) is 18.3. The predicted molar refractivity (Wildman–Crippen MR) is 86.6 cm³/mol. The number of allylic oxidation sites excluding steroid dienone is 2. The first-order chi connectivity index (χ1) is 11.9. The van der Waals surface area contributed by atoms with Gasteiger partial charge in [-0.15, -0.1) is 0 Å². The smallest absolute Gasteiger partial charge is 0.370 e. The minimum atomic E-state index is -4.58. The zero-order chi connectivity index (χ0) is 19.7. The third kappa shape index (κ3) is 4.48. The lowest BCUT2D eigenvalue weighted by Crippen LogP contribution is -2.37. The number of halogens is 7. The van der Waals surface area contributed by atoms with Crippen molar-refractivity contribution >= 4 is 29.8 Å². The summed E-state index contributed by atoms with van der Waals surface area (Å²) in [6, 6.07) is 0.107. The van der Waals surface area contributed by atoms with Crippen molar-refractivity contribution in [3.8, 4) is 0 Å². The molecule has 0 spiro atoms. The second kappa shape index (κ2) is 7.18. The molecule has 0 aromatic carbocycles. The Bertz CT molecular complexity index is 753. The molecule has 2 heterocycles. The van der Waals surface area contributed by atoms with Crippen LogP contribution in [0.1, 0.15) is 5.56 Å². The van der Waals surface area contributed by atoms with E-state index in [1.54, 1.807) is 0 Å². The van der Waals surface area contributed by atoms with Crippen molar-refractivity contribution in [1.29, 1.82) is 0 Å². The molecular formula is C15H13ClF6N4. The van der Waals surface area contributed by atoms with Gasteiger partial charge in [-0.3, -0.25) is 4.99 Å². The molecule has 1 aliphatic rings. The van der Waals surface area contributed by atoms with E-state index in [0.717, 1.165) is 18.3 Å². The molecule has 11 heteroatoms. The maximum atomic E-state index is 12.8. The van der Waals surface area contributed by atoms with Crippen molar-refractivity contribution in [2.75, 3.05) is 18.9 Å². The van der Waals surface area contributed by atoms with Crippen LogP contribution in [-0.2, 0) is 6.18 Å². The number of nitrogens with one attached hydrogen (secondary N) is 1. The Morgan fingerprint density at radius 1 is 1.27 bits per heavy atom. The summed E-state index contributed by atoms with van der Waals surface area (Å²) < 4.78 is 76.4. The van der Waals surface area contributed by atoms with E-state index in [2.05, 4.69) is 22.0 Å². The Kier molecular flexibility index (Phi) is 5.55. The summed E-state index contributed by atoms with van der Waals surface area (Å²) in [7, 11) is 1.40. The third-order valence-corrected chi connectivity index (χ3v) is 3.96. The molecule has 1 aromatic rings. The molecule has 0 bridgehead atoms. The summed E-state index contributed by atoms with van der Waals surface area (Å²) in [5.74, 6) is 0.0106. The first-order valence-corrected chi connectivity index (χ1v) is 7.47. The molecule has 2 rings (SSSR count). The van der Waals surface area contributed by atoms with Crippen LogP contribution < -0.4 is 5.32 Å². The summed E-state index contributed by atoms with van der Waals surface area (Å²) in [5.41, 5.74) is -2.02. The zero-order valence-corrected chi connectivity index (χ0v) is 14.0. The van der Waals surface area contributed by atoms with Crippen LogP contribution in [0.4, 0.5) is 37.8 Å². The summed E-state index contributed by atoms with van der Waals surface area (Å²) in [6.45, 7) is 3.19. The second-order valence-electron chi connectivity index (χ2n) is 5.42. The molecule has 0 amide bonds. The SMILES string of the molecule is C=Nc1cc(C(F)(F)F)cnc1NCC1C(Cl)=CC(C(F)(F)F)=CN1C. The zero-order valence-electron chi connectivity index (χ0n) is 13.3. The maximum Gasteiger partial charge on any atom is 0.417 e. The van der Waals surface area contributed by atoms with Gasteiger partial charge in [0, 0.05) is 31.0 Å². The second-order valence-corrected chi connectivity index (χ2v) is 5.86. The lowest BCUT2D eigenvalue weighted by Gasteiger charge is -2.31. The average molecular weight is 399 g/mol. The van der Waals surface area contributed by atoms with Gasteiger partial charge in [0.15, 0.2) is 5.82 Å². The molecule has 1 aliphatic heterocycles. The van der Waals surface area contributed by atoms with E-state index >= 15 is 0 Å². The fourth-order valence-electron chi connectivity index (χ4n) is 2.24. The maximum absolute atomic E-state index is 12.8. The summed E-state index contributed by atoms with van der Waals surface area (Å²) in [5, 5.41) is 2.66. The number of alkyl halides is 6. The molecular weight excluding hydrogens is 386 g/mol. The number of nitrogens with zero attached hydrogens (tertiary/aromatic N) is 3. The first-order valence-electron chi connectivity index (χ1n) is 7.09. The molecule has 4 nitrogen and oxygen atoms in total. The molecule has 142 valence electrons. The van der Waals surface area contributed by atoms with Crippen LogP contribution in [0.3, 0.4) is 0 Å². The van der Waals surface area contributed by atoms with E-state index in [1.165, 1.54) is 11.9 Å². The van der Waals surface area contributed by atoms with Crippen LogP contribution in [0.2, 0.25) is 0 Å². The van der Waals surface area contributed by atoms with Gasteiger partial charge in [0.1, 0.15) is 5.69 Å². The number of anilines is 1. The van der Waals surface area contributed by atoms with Gasteiger partial charge in [-0.25, -0.2) is 4.98 Å². The van der Waals surface area contributed by atoms with Crippen LogP contribution >= 0.6 is 11.6 Å². The quantitative estimate of drug-likeness (QED) is 0.589. The van der Waals surface area contributed by atoms with Gasteiger partial charge in [-0.2, -0.15) is 26.3 Å². The van der Waals surface area contributed by atoms with Crippen molar-refractivity contribution in [3.05, 3.63) is 40.7 Å². The number of aliphatic imine (C=N–C) groups is 1. The monoisotopic (exact) mass is 398 g/mol. The van der Waals surface area contributed by atoms with Crippen molar-refractivity contribution in [2.24, 2.45) is 4.99 Å². The predicted octanol–water partition coefficient (Wildman–Crippen LogP) is 4.73. The minimum Gasteiger partial charge on any atom is -0.370 e. The number of rotatable bonds is 4. The molecule has 0 saturated carbocycles. The fourth-order valence-corrected chi connectivity index (χ4v) is 2.59. The van der Waals surface area contributed by atoms with E-state index in [0.29, 0.717) is 6.20 Å². The van der Waals surface area contributed by atoms with Crippen molar-refractivity contribution in [1.82, 2.24) is 9.88 Å². The number of hydrogen-bond acceptors (Lipinski definition) is 4. The van der Waals surface area contributed by atoms with Gasteiger partial charge in [0.2, 0.25) is 0 Å². The summed E-state index contributed by atoms with van der Waals surface area (Å²) >= 11 is 5.94. The minimum absolute atomic E-state index is 0.00560. The van der Waals surface area contributed by atoms with Gasteiger partial charge in [-0.05, 0) is 18.9 Å². The van der Waals surface area contributed by atoms with E-state index in [-0.39, 0.29) is 23.1 Å². The Hall–Kier alpha value is -2.23. The Morgan fingerprint density at radius 2 is 1.92 bits per heavy atom. The van der Waals surface area contributed by atoms with Crippen LogP contribution in [0.25, 0.3) is 0 Å². The average Bonchev–Trinajstić information content (AvgIpc) is 2.52. The van der Waals surface area contributed by atoms with E-state index < -0.39 is 29.5 Å². The number of pyridine rings is 1. The van der Waals surface area contributed by atoms with Gasteiger partial charge >= 0.3 is 12.4 Å². The highest BCUT2D eigenvalue weighted by atomic mass is 35.5. The number of hydrogen-bond donors (Lipinski definition) is 1. The lowest BCUT2D eigenvalue weighted by atomic mass is 10.1. The van der Waals surface area contributed by atoms with E-state index in [1.807, 2.05) is 0 Å². The lowest BCUT2D eigenvalue weighted by molar-refractivity contribution is -0.137. The molecule has 1 atom stereocenters. The fraction of sp³-hybridized carbons (Fsp3) is 0.333. The van der Waals surface area contributed by atoms with Crippen LogP contribution in [0.5, 0.6) is 0 Å². The molecule has 0 fully saturated rings. The van der Waals surface area contributed by atoms with Gasteiger partial charge in [0.25, 0.3) is 0 Å². The molecule has 1 unspecified atom stereocenters. The van der Waals surface area contributed by atoms with Gasteiger partial charge < -0.3 is 10.2 Å². The van der Waals surface area contributed by atoms with E-state index in [9.17, 15) is 26.3 Å². The Balaban J connectivity index is 2.16.